The summed E-state index contributed by atoms with van der Waals surface area (Å²) in [6, 6.07) is 6.68. The highest BCUT2D eigenvalue weighted by Gasteiger charge is 2.34. The average Bonchev–Trinajstić information content (AvgIpc) is 2.87. The van der Waals surface area contributed by atoms with Crippen LogP contribution in [0.4, 0.5) is 0 Å². The van der Waals surface area contributed by atoms with Gasteiger partial charge in [-0.2, -0.15) is 0 Å². The van der Waals surface area contributed by atoms with E-state index < -0.39 is 12.0 Å². The van der Waals surface area contributed by atoms with Gasteiger partial charge in [0.25, 0.3) is 0 Å². The number of hydrogen-bond acceptors (Lipinski definition) is 3. The number of rotatable bonds is 4. The van der Waals surface area contributed by atoms with E-state index in [0.29, 0.717) is 23.1 Å². The van der Waals surface area contributed by atoms with Gasteiger partial charge in [-0.15, -0.1) is 11.8 Å². The van der Waals surface area contributed by atoms with Crippen molar-refractivity contribution in [3.8, 4) is 0 Å². The molecule has 1 fully saturated rings. The number of carbonyl (C=O) groups is 2. The number of hydrogen-bond donors (Lipinski definition) is 1. The lowest BCUT2D eigenvalue weighted by Gasteiger charge is -2.20. The summed E-state index contributed by atoms with van der Waals surface area (Å²) >= 11 is 7.49. The first-order chi connectivity index (χ1) is 9.09. The third kappa shape index (κ3) is 3.42. The first-order valence-electron chi connectivity index (χ1n) is 5.93. The van der Waals surface area contributed by atoms with Crippen LogP contribution in [-0.4, -0.2) is 39.6 Å². The molecule has 19 heavy (non-hydrogen) atoms. The number of thioether (sulfide) groups is 1. The van der Waals surface area contributed by atoms with E-state index in [9.17, 15) is 9.59 Å². The fraction of sp³-hybridized carbons (Fsp3) is 0.385. The Morgan fingerprint density at radius 3 is 2.84 bits per heavy atom. The van der Waals surface area contributed by atoms with Gasteiger partial charge in [0.2, 0.25) is 5.91 Å². The lowest BCUT2D eigenvalue weighted by Crippen LogP contribution is -2.41. The van der Waals surface area contributed by atoms with Crippen molar-refractivity contribution in [3.05, 3.63) is 34.9 Å². The smallest absolute Gasteiger partial charge is 0.327 e. The van der Waals surface area contributed by atoms with Crippen LogP contribution in [0.15, 0.2) is 24.3 Å². The maximum atomic E-state index is 12.1. The van der Waals surface area contributed by atoms with E-state index in [2.05, 4.69) is 0 Å². The third-order valence-corrected chi connectivity index (χ3v) is 4.43. The fourth-order valence-electron chi connectivity index (χ4n) is 1.98. The van der Waals surface area contributed by atoms with Crippen molar-refractivity contribution >= 4 is 35.2 Å². The van der Waals surface area contributed by atoms with Gasteiger partial charge >= 0.3 is 5.97 Å². The molecule has 0 spiro atoms. The van der Waals surface area contributed by atoms with E-state index in [4.69, 9.17) is 16.7 Å². The fourth-order valence-corrected chi connectivity index (χ4v) is 3.38. The first-order valence-corrected chi connectivity index (χ1v) is 7.46. The molecule has 1 heterocycles. The van der Waals surface area contributed by atoms with Gasteiger partial charge in [0.15, 0.2) is 0 Å². The molecule has 0 saturated carbocycles. The van der Waals surface area contributed by atoms with Crippen LogP contribution < -0.4 is 0 Å². The Morgan fingerprint density at radius 2 is 2.16 bits per heavy atom. The monoisotopic (exact) mass is 299 g/mol. The van der Waals surface area contributed by atoms with Gasteiger partial charge in [0, 0.05) is 17.2 Å². The van der Waals surface area contributed by atoms with E-state index in [1.165, 1.54) is 16.7 Å². The molecule has 1 aromatic rings. The first kappa shape index (κ1) is 14.2. The molecule has 1 unspecified atom stereocenters. The molecule has 1 aromatic carbocycles. The van der Waals surface area contributed by atoms with Crippen molar-refractivity contribution in [1.29, 1.82) is 0 Å². The van der Waals surface area contributed by atoms with E-state index in [1.807, 2.05) is 18.2 Å². The molecule has 4 nitrogen and oxygen atoms in total. The average molecular weight is 300 g/mol. The summed E-state index contributed by atoms with van der Waals surface area (Å²) in [5.41, 5.74) is 0.913. The molecule has 102 valence electrons. The molecule has 1 saturated heterocycles. The van der Waals surface area contributed by atoms with Gasteiger partial charge in [-0.3, -0.25) is 4.79 Å². The molecule has 1 amide bonds. The predicted molar refractivity (Wildman–Crippen MR) is 75.4 cm³/mol. The normalized spacial score (nSPS) is 18.6. The largest absolute Gasteiger partial charge is 0.480 e. The van der Waals surface area contributed by atoms with Gasteiger partial charge in [0.1, 0.15) is 6.04 Å². The zero-order valence-electron chi connectivity index (χ0n) is 10.2. The number of aryl methyl sites for hydroxylation is 1. The van der Waals surface area contributed by atoms with Crippen LogP contribution >= 0.6 is 23.4 Å². The lowest BCUT2D eigenvalue weighted by atomic mass is 10.1. The number of carboxylic acid groups (broad SMARTS) is 1. The summed E-state index contributed by atoms with van der Waals surface area (Å²) in [4.78, 5) is 24.5. The second kappa shape index (κ2) is 6.30. The van der Waals surface area contributed by atoms with Crippen molar-refractivity contribution in [3.63, 3.8) is 0 Å². The minimum Gasteiger partial charge on any atom is -0.480 e. The summed E-state index contributed by atoms with van der Waals surface area (Å²) in [5, 5.41) is 9.67. The highest BCUT2D eigenvalue weighted by Crippen LogP contribution is 2.23. The van der Waals surface area contributed by atoms with Crippen LogP contribution in [0.2, 0.25) is 5.02 Å². The van der Waals surface area contributed by atoms with Crippen LogP contribution in [0.5, 0.6) is 0 Å². The van der Waals surface area contributed by atoms with E-state index in [-0.39, 0.29) is 12.3 Å². The van der Waals surface area contributed by atoms with Gasteiger partial charge in [-0.05, 0) is 18.1 Å². The highest BCUT2D eigenvalue weighted by atomic mass is 35.5. The van der Waals surface area contributed by atoms with Gasteiger partial charge in [-0.1, -0.05) is 29.8 Å². The summed E-state index contributed by atoms with van der Waals surface area (Å²) in [5.74, 6) is -0.140. The van der Waals surface area contributed by atoms with Crippen LogP contribution in [-0.2, 0) is 16.0 Å². The maximum Gasteiger partial charge on any atom is 0.327 e. The Balaban J connectivity index is 1.95. The molecule has 0 aromatic heterocycles. The molecule has 1 aliphatic heterocycles. The summed E-state index contributed by atoms with van der Waals surface area (Å²) < 4.78 is 0. The van der Waals surface area contributed by atoms with Gasteiger partial charge < -0.3 is 10.0 Å². The minimum absolute atomic E-state index is 0.127. The molecular weight excluding hydrogens is 286 g/mol. The summed E-state index contributed by atoms with van der Waals surface area (Å²) in [6.07, 6.45) is 0.820. The van der Waals surface area contributed by atoms with Crippen LogP contribution in [0.1, 0.15) is 12.0 Å². The summed E-state index contributed by atoms with van der Waals surface area (Å²) in [6.45, 7) is 0. The molecule has 0 aliphatic carbocycles. The Hall–Kier alpha value is -1.20. The number of carbonyl (C=O) groups excluding carboxylic acids is 1. The number of nitrogens with zero attached hydrogens (tertiary/aromatic N) is 1. The van der Waals surface area contributed by atoms with Crippen LogP contribution in [0.3, 0.4) is 0 Å². The van der Waals surface area contributed by atoms with Crippen molar-refractivity contribution in [2.75, 3.05) is 11.6 Å². The third-order valence-electron chi connectivity index (χ3n) is 3.05. The zero-order chi connectivity index (χ0) is 13.8. The number of amides is 1. The minimum atomic E-state index is -0.934. The van der Waals surface area contributed by atoms with E-state index >= 15 is 0 Å². The lowest BCUT2D eigenvalue weighted by molar-refractivity contribution is -0.147. The van der Waals surface area contributed by atoms with Crippen molar-refractivity contribution in [1.82, 2.24) is 4.90 Å². The van der Waals surface area contributed by atoms with Crippen LogP contribution in [0, 0.1) is 0 Å². The molecule has 1 aliphatic rings. The standard InChI is InChI=1S/C13H14ClNO3S/c14-10-4-2-1-3-9(10)5-6-12(16)15-8-19-7-11(15)13(17)18/h1-4,11H,5-8H2,(H,17,18). The van der Waals surface area contributed by atoms with Gasteiger partial charge in [-0.25, -0.2) is 4.79 Å². The SMILES string of the molecule is O=C(O)C1CSCN1C(=O)CCc1ccccc1Cl. The quantitative estimate of drug-likeness (QED) is 0.926. The Kier molecular flexibility index (Phi) is 4.71. The molecule has 2 rings (SSSR count). The maximum absolute atomic E-state index is 12.1. The Bertz CT molecular complexity index is 495. The number of halogens is 1. The molecule has 6 heteroatoms. The number of benzene rings is 1. The molecule has 0 bridgehead atoms. The van der Waals surface area contributed by atoms with E-state index in [1.54, 1.807) is 6.07 Å². The van der Waals surface area contributed by atoms with Crippen molar-refractivity contribution in [2.45, 2.75) is 18.9 Å². The molecular formula is C13H14ClNO3S. The Labute approximate surface area is 120 Å². The zero-order valence-corrected chi connectivity index (χ0v) is 11.8. The molecule has 1 atom stereocenters. The number of aliphatic carboxylic acids is 1. The second-order valence-corrected chi connectivity index (χ2v) is 5.72. The Morgan fingerprint density at radius 1 is 1.42 bits per heavy atom. The topological polar surface area (TPSA) is 57.6 Å². The van der Waals surface area contributed by atoms with E-state index in [0.717, 1.165) is 5.56 Å². The second-order valence-electron chi connectivity index (χ2n) is 4.31. The highest BCUT2D eigenvalue weighted by molar-refractivity contribution is 7.99. The van der Waals surface area contributed by atoms with Gasteiger partial charge in [0.05, 0.1) is 5.88 Å². The molecule has 1 N–H and O–H groups in total. The molecule has 0 radical (unpaired) electrons. The summed E-state index contributed by atoms with van der Waals surface area (Å²) in [7, 11) is 0. The van der Waals surface area contributed by atoms with Crippen molar-refractivity contribution in [2.24, 2.45) is 0 Å². The van der Waals surface area contributed by atoms with Crippen LogP contribution in [0.25, 0.3) is 0 Å². The number of carboxylic acids is 1. The predicted octanol–water partition coefficient (Wildman–Crippen LogP) is 2.26. The van der Waals surface area contributed by atoms with Crippen molar-refractivity contribution < 1.29 is 14.7 Å².